The van der Waals surface area contributed by atoms with Gasteiger partial charge >= 0.3 is 0 Å². The van der Waals surface area contributed by atoms with E-state index < -0.39 is 0 Å². The number of aryl methyl sites for hydroxylation is 1. The van der Waals surface area contributed by atoms with Gasteiger partial charge < -0.3 is 5.32 Å². The Kier molecular flexibility index (Phi) is 5.08. The first-order chi connectivity index (χ1) is 11.6. The number of carbonyl (C=O) groups is 1. The Hall–Kier alpha value is -2.43. The van der Waals surface area contributed by atoms with Gasteiger partial charge in [0.05, 0.1) is 11.1 Å². The van der Waals surface area contributed by atoms with Crippen LogP contribution in [0.25, 0.3) is 10.8 Å². The van der Waals surface area contributed by atoms with Crippen LogP contribution >= 0.6 is 0 Å². The van der Waals surface area contributed by atoms with Crippen LogP contribution < -0.4 is 10.9 Å². The number of allylic oxidation sites excluding steroid dienone is 1. The van der Waals surface area contributed by atoms with E-state index in [-0.39, 0.29) is 18.0 Å². The molecule has 126 valence electrons. The topological polar surface area (TPSA) is 64.0 Å². The van der Waals surface area contributed by atoms with E-state index in [2.05, 4.69) is 16.5 Å². The molecule has 1 aliphatic carbocycles. The van der Waals surface area contributed by atoms with E-state index in [0.717, 1.165) is 30.3 Å². The number of aromatic nitrogens is 2. The molecule has 1 aromatic heterocycles. The Morgan fingerprint density at radius 1 is 1.25 bits per heavy atom. The zero-order valence-corrected chi connectivity index (χ0v) is 14.0. The Morgan fingerprint density at radius 2 is 2.04 bits per heavy atom. The lowest BCUT2D eigenvalue weighted by Crippen LogP contribution is -2.34. The fourth-order valence-corrected chi connectivity index (χ4v) is 3.20. The Morgan fingerprint density at radius 3 is 2.79 bits per heavy atom. The summed E-state index contributed by atoms with van der Waals surface area (Å²) in [5.41, 5.74) is 1.96. The van der Waals surface area contributed by atoms with Crippen molar-refractivity contribution in [1.29, 1.82) is 0 Å². The van der Waals surface area contributed by atoms with Gasteiger partial charge in [-0.3, -0.25) is 9.59 Å². The first-order valence-electron chi connectivity index (χ1n) is 8.56. The first kappa shape index (κ1) is 16.4. The van der Waals surface area contributed by atoms with E-state index >= 15 is 0 Å². The van der Waals surface area contributed by atoms with E-state index in [4.69, 9.17) is 0 Å². The maximum absolute atomic E-state index is 12.4. The molecular weight excluding hydrogens is 302 g/mol. The van der Waals surface area contributed by atoms with Crippen LogP contribution in [0.5, 0.6) is 0 Å². The largest absolute Gasteiger partial charge is 0.354 e. The molecule has 0 saturated heterocycles. The zero-order chi connectivity index (χ0) is 16.9. The van der Waals surface area contributed by atoms with Crippen LogP contribution in [-0.2, 0) is 11.3 Å². The lowest BCUT2D eigenvalue weighted by atomic mass is 9.97. The molecule has 0 bridgehead atoms. The minimum atomic E-state index is -0.221. The summed E-state index contributed by atoms with van der Waals surface area (Å²) in [5, 5.41) is 8.60. The van der Waals surface area contributed by atoms with Crippen LogP contribution in [0.15, 0.2) is 40.7 Å². The van der Waals surface area contributed by atoms with Crippen molar-refractivity contribution in [2.45, 2.75) is 45.6 Å². The lowest BCUT2D eigenvalue weighted by molar-refractivity contribution is -0.121. The minimum absolute atomic E-state index is 0.0381. The monoisotopic (exact) mass is 325 g/mol. The molecule has 0 fully saturated rings. The van der Waals surface area contributed by atoms with Crippen LogP contribution in [0.2, 0.25) is 0 Å². The number of hydrogen-bond acceptors (Lipinski definition) is 3. The Labute approximate surface area is 141 Å². The van der Waals surface area contributed by atoms with Gasteiger partial charge in [0.2, 0.25) is 5.91 Å². The summed E-state index contributed by atoms with van der Waals surface area (Å²) in [6.07, 6.45) is 7.99. The first-order valence-corrected chi connectivity index (χ1v) is 8.56. The molecule has 24 heavy (non-hydrogen) atoms. The molecule has 0 spiro atoms. The van der Waals surface area contributed by atoms with Crippen molar-refractivity contribution in [3.63, 3.8) is 0 Å². The highest BCUT2D eigenvalue weighted by atomic mass is 16.2. The maximum Gasteiger partial charge on any atom is 0.275 e. The Bertz CT molecular complexity index is 836. The summed E-state index contributed by atoms with van der Waals surface area (Å²) in [6.45, 7) is 2.43. The van der Waals surface area contributed by atoms with Gasteiger partial charge in [0.25, 0.3) is 5.56 Å². The summed E-state index contributed by atoms with van der Waals surface area (Å²) in [4.78, 5) is 24.6. The minimum Gasteiger partial charge on any atom is -0.354 e. The van der Waals surface area contributed by atoms with Crippen molar-refractivity contribution in [3.8, 4) is 0 Å². The van der Waals surface area contributed by atoms with Gasteiger partial charge in [0.1, 0.15) is 6.54 Å². The molecule has 3 rings (SSSR count). The molecule has 0 radical (unpaired) electrons. The predicted octanol–water partition coefficient (Wildman–Crippen LogP) is 2.71. The van der Waals surface area contributed by atoms with Crippen LogP contribution in [-0.4, -0.2) is 22.2 Å². The normalized spacial score (nSPS) is 14.5. The van der Waals surface area contributed by atoms with E-state index in [1.54, 1.807) is 6.07 Å². The van der Waals surface area contributed by atoms with Crippen LogP contribution in [0.1, 0.15) is 37.8 Å². The molecule has 1 amide bonds. The average molecular weight is 325 g/mol. The third-order valence-electron chi connectivity index (χ3n) is 4.50. The van der Waals surface area contributed by atoms with E-state index in [9.17, 15) is 9.59 Å². The molecule has 0 saturated carbocycles. The quantitative estimate of drug-likeness (QED) is 0.860. The Balaban J connectivity index is 1.64. The van der Waals surface area contributed by atoms with Gasteiger partial charge in [-0.05, 0) is 45.1 Å². The fraction of sp³-hybridized carbons (Fsp3) is 0.421. The fourth-order valence-electron chi connectivity index (χ4n) is 3.20. The van der Waals surface area contributed by atoms with E-state index in [1.165, 1.54) is 23.1 Å². The summed E-state index contributed by atoms with van der Waals surface area (Å²) >= 11 is 0. The van der Waals surface area contributed by atoms with Crippen LogP contribution in [0, 0.1) is 6.92 Å². The number of rotatable bonds is 5. The van der Waals surface area contributed by atoms with Gasteiger partial charge in [-0.15, -0.1) is 0 Å². The molecule has 5 nitrogen and oxygen atoms in total. The van der Waals surface area contributed by atoms with Crippen molar-refractivity contribution >= 4 is 16.7 Å². The highest BCUT2D eigenvalue weighted by Crippen LogP contribution is 2.19. The summed E-state index contributed by atoms with van der Waals surface area (Å²) in [5.74, 6) is -0.171. The molecule has 0 aliphatic heterocycles. The second-order valence-electron chi connectivity index (χ2n) is 6.30. The van der Waals surface area contributed by atoms with Gasteiger partial charge in [-0.1, -0.05) is 29.8 Å². The summed E-state index contributed by atoms with van der Waals surface area (Å²) in [6, 6.07) is 7.36. The van der Waals surface area contributed by atoms with Gasteiger partial charge in [-0.25, -0.2) is 4.68 Å². The third kappa shape index (κ3) is 3.72. The number of nitrogens with one attached hydrogen (secondary N) is 1. The number of amides is 1. The van der Waals surface area contributed by atoms with Crippen LogP contribution in [0.3, 0.4) is 0 Å². The standard InChI is InChI=1S/C19H23N3O2/c1-14-16-9-5-6-10-17(16)19(24)22(21-14)13-18(23)20-12-11-15-7-3-2-4-8-15/h5-7,9-10H,2-4,8,11-13H2,1H3,(H,20,23). The molecule has 0 unspecified atom stereocenters. The second kappa shape index (κ2) is 7.43. The zero-order valence-electron chi connectivity index (χ0n) is 14.0. The molecule has 1 aliphatic rings. The molecule has 1 aromatic carbocycles. The van der Waals surface area contributed by atoms with Crippen molar-refractivity contribution in [3.05, 3.63) is 52.0 Å². The molecule has 5 heteroatoms. The van der Waals surface area contributed by atoms with Gasteiger partial charge in [0.15, 0.2) is 0 Å². The molecule has 1 N–H and O–H groups in total. The van der Waals surface area contributed by atoms with Gasteiger partial charge in [-0.2, -0.15) is 5.10 Å². The number of benzene rings is 1. The van der Waals surface area contributed by atoms with Crippen molar-refractivity contribution in [2.24, 2.45) is 0 Å². The second-order valence-corrected chi connectivity index (χ2v) is 6.30. The number of hydrogen-bond donors (Lipinski definition) is 1. The highest BCUT2D eigenvalue weighted by molar-refractivity contribution is 5.83. The van der Waals surface area contributed by atoms with E-state index in [0.29, 0.717) is 11.9 Å². The molecular formula is C19H23N3O2. The number of fused-ring (bicyclic) bond motifs is 1. The maximum atomic E-state index is 12.4. The van der Waals surface area contributed by atoms with E-state index in [1.807, 2.05) is 25.1 Å². The van der Waals surface area contributed by atoms with Crippen molar-refractivity contribution in [1.82, 2.24) is 15.1 Å². The van der Waals surface area contributed by atoms with Crippen molar-refractivity contribution < 1.29 is 4.79 Å². The summed E-state index contributed by atoms with van der Waals surface area (Å²) < 4.78 is 1.26. The molecule has 0 atom stereocenters. The average Bonchev–Trinajstić information content (AvgIpc) is 2.60. The lowest BCUT2D eigenvalue weighted by Gasteiger charge is -2.13. The number of carbonyl (C=O) groups excluding carboxylic acids is 1. The SMILES string of the molecule is Cc1nn(CC(=O)NCCC2=CCCCC2)c(=O)c2ccccc12. The van der Waals surface area contributed by atoms with Crippen molar-refractivity contribution in [2.75, 3.05) is 6.54 Å². The molecule has 1 heterocycles. The van der Waals surface area contributed by atoms with Crippen LogP contribution in [0.4, 0.5) is 0 Å². The predicted molar refractivity (Wildman–Crippen MR) is 94.9 cm³/mol. The third-order valence-corrected chi connectivity index (χ3v) is 4.50. The molecule has 2 aromatic rings. The summed E-state index contributed by atoms with van der Waals surface area (Å²) in [7, 11) is 0. The number of nitrogens with zero attached hydrogens (tertiary/aromatic N) is 2. The van der Waals surface area contributed by atoms with Gasteiger partial charge in [0, 0.05) is 11.9 Å². The highest BCUT2D eigenvalue weighted by Gasteiger charge is 2.11. The smallest absolute Gasteiger partial charge is 0.275 e.